The van der Waals surface area contributed by atoms with Crippen molar-refractivity contribution in [3.05, 3.63) is 0 Å². The number of amides is 1. The van der Waals surface area contributed by atoms with Gasteiger partial charge < -0.3 is 20.0 Å². The Morgan fingerprint density at radius 3 is 1.55 bits per heavy atom. The van der Waals surface area contributed by atoms with Crippen molar-refractivity contribution in [1.82, 2.24) is 0 Å². The van der Waals surface area contributed by atoms with Gasteiger partial charge in [-0.15, -0.1) is 0 Å². The van der Waals surface area contributed by atoms with Crippen molar-refractivity contribution < 1.29 is 28.7 Å². The number of esters is 2. The third-order valence-electron chi connectivity index (χ3n) is 3.31. The molecule has 0 fully saturated rings. The number of rotatable bonds is 7. The number of aldehydes is 1. The van der Waals surface area contributed by atoms with Crippen molar-refractivity contribution in [2.75, 3.05) is 0 Å². The summed E-state index contributed by atoms with van der Waals surface area (Å²) < 4.78 is 10.3. The Bertz CT molecular complexity index is 498. The van der Waals surface area contributed by atoms with Crippen molar-refractivity contribution in [3.63, 3.8) is 0 Å². The number of carbonyl (C=O) groups is 4. The Hall–Kier alpha value is -1.92. The molecule has 0 radical (unpaired) electrons. The molecule has 0 heterocycles. The Labute approximate surface area is 177 Å². The highest BCUT2D eigenvalue weighted by Gasteiger charge is 2.30. The van der Waals surface area contributed by atoms with Gasteiger partial charge in [0.05, 0.1) is 5.41 Å². The SMILES string of the molecule is CC(C)(C)OC(=O)CCCC=O.CCC(C)(C)C(=O)OC(C)(C)C.CCC(N)=O. The molecule has 0 aromatic rings. The van der Waals surface area contributed by atoms with Gasteiger partial charge >= 0.3 is 11.9 Å². The number of unbranched alkanes of at least 4 members (excludes halogenated alkanes) is 1. The summed E-state index contributed by atoms with van der Waals surface area (Å²) in [4.78, 5) is 42.0. The molecule has 0 aliphatic carbocycles. The summed E-state index contributed by atoms with van der Waals surface area (Å²) in [5.74, 6) is -0.591. The van der Waals surface area contributed by atoms with Crippen molar-refractivity contribution in [3.8, 4) is 0 Å². The van der Waals surface area contributed by atoms with Gasteiger partial charge in [0.25, 0.3) is 0 Å². The van der Waals surface area contributed by atoms with Crippen LogP contribution in [0.1, 0.15) is 101 Å². The Morgan fingerprint density at radius 2 is 1.28 bits per heavy atom. The van der Waals surface area contributed by atoms with Gasteiger partial charge in [-0.05, 0) is 68.2 Å². The first-order chi connectivity index (χ1) is 12.9. The summed E-state index contributed by atoms with van der Waals surface area (Å²) >= 11 is 0. The van der Waals surface area contributed by atoms with Gasteiger partial charge in [0.15, 0.2) is 0 Å². The van der Waals surface area contributed by atoms with E-state index >= 15 is 0 Å². The van der Waals surface area contributed by atoms with E-state index in [0.717, 1.165) is 12.7 Å². The monoisotopic (exact) mass is 417 g/mol. The lowest BCUT2D eigenvalue weighted by molar-refractivity contribution is -0.165. The molecular weight excluding hydrogens is 374 g/mol. The van der Waals surface area contributed by atoms with E-state index in [9.17, 15) is 19.2 Å². The number of carbonyl (C=O) groups excluding carboxylic acids is 4. The van der Waals surface area contributed by atoms with E-state index in [1.807, 2.05) is 62.3 Å². The van der Waals surface area contributed by atoms with E-state index < -0.39 is 5.60 Å². The molecule has 172 valence electrons. The minimum absolute atomic E-state index is 0.113. The summed E-state index contributed by atoms with van der Waals surface area (Å²) in [6.07, 6.45) is 3.40. The molecule has 0 aromatic heterocycles. The van der Waals surface area contributed by atoms with Crippen LogP contribution in [0.25, 0.3) is 0 Å². The lowest BCUT2D eigenvalue weighted by atomic mass is 9.90. The molecule has 0 saturated heterocycles. The van der Waals surface area contributed by atoms with Gasteiger partial charge in [-0.2, -0.15) is 0 Å². The topological polar surface area (TPSA) is 113 Å². The third kappa shape index (κ3) is 26.1. The number of hydrogen-bond donors (Lipinski definition) is 1. The summed E-state index contributed by atoms with van der Waals surface area (Å²) in [7, 11) is 0. The zero-order valence-corrected chi connectivity index (χ0v) is 20.1. The molecule has 0 unspecified atom stereocenters. The second kappa shape index (κ2) is 15.0. The second-order valence-electron chi connectivity index (χ2n) is 9.20. The number of nitrogens with two attached hydrogens (primary N) is 1. The van der Waals surface area contributed by atoms with Crippen LogP contribution in [-0.2, 0) is 28.7 Å². The third-order valence-corrected chi connectivity index (χ3v) is 3.31. The highest BCUT2D eigenvalue weighted by molar-refractivity contribution is 5.76. The molecule has 0 atom stereocenters. The maximum Gasteiger partial charge on any atom is 0.312 e. The van der Waals surface area contributed by atoms with Gasteiger partial charge in [0.2, 0.25) is 5.91 Å². The van der Waals surface area contributed by atoms with E-state index in [4.69, 9.17) is 9.47 Å². The largest absolute Gasteiger partial charge is 0.460 e. The minimum atomic E-state index is -0.418. The highest BCUT2D eigenvalue weighted by atomic mass is 16.6. The normalized spacial score (nSPS) is 11.1. The first-order valence-electron chi connectivity index (χ1n) is 10.1. The van der Waals surface area contributed by atoms with Crippen LogP contribution in [0.5, 0.6) is 0 Å². The van der Waals surface area contributed by atoms with Crippen molar-refractivity contribution >= 4 is 24.1 Å². The van der Waals surface area contributed by atoms with E-state index in [2.05, 4.69) is 5.73 Å². The highest BCUT2D eigenvalue weighted by Crippen LogP contribution is 2.24. The first-order valence-corrected chi connectivity index (χ1v) is 10.1. The van der Waals surface area contributed by atoms with Gasteiger partial charge in [-0.25, -0.2) is 0 Å². The summed E-state index contributed by atoms with van der Waals surface area (Å²) in [5, 5.41) is 0. The fraction of sp³-hybridized carbons (Fsp3) is 0.818. The Balaban J connectivity index is -0.000000380. The molecule has 29 heavy (non-hydrogen) atoms. The van der Waals surface area contributed by atoms with E-state index in [0.29, 0.717) is 25.7 Å². The fourth-order valence-electron chi connectivity index (χ4n) is 1.28. The van der Waals surface area contributed by atoms with Crippen molar-refractivity contribution in [1.29, 1.82) is 0 Å². The van der Waals surface area contributed by atoms with Crippen LogP contribution in [0.15, 0.2) is 0 Å². The fourth-order valence-corrected chi connectivity index (χ4v) is 1.28. The van der Waals surface area contributed by atoms with Crippen molar-refractivity contribution in [2.45, 2.75) is 113 Å². The zero-order valence-electron chi connectivity index (χ0n) is 20.1. The van der Waals surface area contributed by atoms with Crippen LogP contribution in [-0.4, -0.2) is 35.3 Å². The molecule has 1 amide bonds. The zero-order chi connectivity index (χ0) is 23.9. The average molecular weight is 418 g/mol. The smallest absolute Gasteiger partial charge is 0.312 e. The molecule has 7 nitrogen and oxygen atoms in total. The number of hydrogen-bond acceptors (Lipinski definition) is 6. The molecule has 2 N–H and O–H groups in total. The molecule has 7 heteroatoms. The van der Waals surface area contributed by atoms with Gasteiger partial charge in [-0.3, -0.25) is 14.4 Å². The standard InChI is InChI=1S/C10H20O2.C9H16O3.C3H7NO/c1-7-10(5,6)8(11)12-9(2,3)4;1-9(2,3)12-8(11)6-4-5-7-10;1-2-3(4)5/h7H2,1-6H3;7H,4-6H2,1-3H3;2H2,1H3,(H2,4,5). The quantitative estimate of drug-likeness (QED) is 0.374. The maximum absolute atomic E-state index is 11.5. The first kappa shape index (κ1) is 31.8. The van der Waals surface area contributed by atoms with Gasteiger partial charge in [-0.1, -0.05) is 13.8 Å². The number of ether oxygens (including phenoxy) is 2. The Morgan fingerprint density at radius 1 is 0.862 bits per heavy atom. The van der Waals surface area contributed by atoms with E-state index in [1.54, 1.807) is 6.92 Å². The van der Waals surface area contributed by atoms with Gasteiger partial charge in [0.1, 0.15) is 17.5 Å². The maximum atomic E-state index is 11.5. The average Bonchev–Trinajstić information content (AvgIpc) is 2.53. The van der Waals surface area contributed by atoms with Crippen LogP contribution in [0.3, 0.4) is 0 Å². The van der Waals surface area contributed by atoms with Crippen LogP contribution in [0.4, 0.5) is 0 Å². The molecule has 0 bridgehead atoms. The summed E-state index contributed by atoms with van der Waals surface area (Å²) in [5.41, 5.74) is 3.51. The van der Waals surface area contributed by atoms with Crippen molar-refractivity contribution in [2.24, 2.45) is 11.1 Å². The predicted molar refractivity (Wildman–Crippen MR) is 115 cm³/mol. The molecule has 0 spiro atoms. The summed E-state index contributed by atoms with van der Waals surface area (Å²) in [6.45, 7) is 18.7. The molecular formula is C22H43NO6. The lowest BCUT2D eigenvalue weighted by Crippen LogP contribution is -2.33. The second-order valence-corrected chi connectivity index (χ2v) is 9.20. The van der Waals surface area contributed by atoms with E-state index in [-0.39, 0.29) is 28.9 Å². The lowest BCUT2D eigenvalue weighted by Gasteiger charge is -2.27. The molecule has 0 aliphatic heterocycles. The minimum Gasteiger partial charge on any atom is -0.460 e. The molecule has 0 saturated carbocycles. The van der Waals surface area contributed by atoms with Gasteiger partial charge in [0, 0.05) is 19.3 Å². The Kier molecular flexibility index (Phi) is 16.4. The van der Waals surface area contributed by atoms with Crippen LogP contribution < -0.4 is 5.73 Å². The molecule has 0 aliphatic rings. The van der Waals surface area contributed by atoms with Crippen LogP contribution >= 0.6 is 0 Å². The predicted octanol–water partition coefficient (Wildman–Crippen LogP) is 4.34. The summed E-state index contributed by atoms with van der Waals surface area (Å²) in [6, 6.07) is 0. The van der Waals surface area contributed by atoms with Crippen LogP contribution in [0.2, 0.25) is 0 Å². The van der Waals surface area contributed by atoms with E-state index in [1.165, 1.54) is 0 Å². The molecule has 0 aromatic carbocycles. The van der Waals surface area contributed by atoms with Crippen LogP contribution in [0, 0.1) is 5.41 Å². The number of primary amides is 1. The molecule has 0 rings (SSSR count).